The van der Waals surface area contributed by atoms with Gasteiger partial charge in [0.25, 0.3) is 0 Å². The summed E-state index contributed by atoms with van der Waals surface area (Å²) >= 11 is 3.12. The Hall–Kier alpha value is -0.880. The van der Waals surface area contributed by atoms with Crippen LogP contribution in [0.25, 0.3) is 0 Å². The standard InChI is InChI=1S/C9H7BrFN/c1-6-2-3-7(4-5-12)9(11)8(6)10/h2-3H,4H2,1H3. The Morgan fingerprint density at radius 1 is 1.58 bits per heavy atom. The summed E-state index contributed by atoms with van der Waals surface area (Å²) in [5.74, 6) is -0.323. The summed E-state index contributed by atoms with van der Waals surface area (Å²) in [4.78, 5) is 0. The number of aryl methyl sites for hydroxylation is 1. The third-order valence-electron chi connectivity index (χ3n) is 1.62. The van der Waals surface area contributed by atoms with E-state index in [0.29, 0.717) is 10.0 Å². The van der Waals surface area contributed by atoms with Crippen LogP contribution in [0.4, 0.5) is 4.39 Å². The number of hydrogen-bond donors (Lipinski definition) is 0. The zero-order valence-corrected chi connectivity index (χ0v) is 8.15. The lowest BCUT2D eigenvalue weighted by molar-refractivity contribution is 0.607. The van der Waals surface area contributed by atoms with Crippen molar-refractivity contribution in [3.05, 3.63) is 33.5 Å². The molecule has 12 heavy (non-hydrogen) atoms. The summed E-state index contributed by atoms with van der Waals surface area (Å²) in [5, 5.41) is 8.37. The number of rotatable bonds is 1. The summed E-state index contributed by atoms with van der Waals surface area (Å²) in [6, 6.07) is 5.34. The predicted octanol–water partition coefficient (Wildman–Crippen LogP) is 2.96. The van der Waals surface area contributed by atoms with E-state index in [1.807, 2.05) is 13.0 Å². The molecule has 1 rings (SSSR count). The Morgan fingerprint density at radius 3 is 2.83 bits per heavy atom. The van der Waals surface area contributed by atoms with E-state index in [4.69, 9.17) is 5.26 Å². The minimum absolute atomic E-state index is 0.116. The maximum absolute atomic E-state index is 13.3. The lowest BCUT2D eigenvalue weighted by Crippen LogP contribution is -1.91. The monoisotopic (exact) mass is 227 g/mol. The quantitative estimate of drug-likeness (QED) is 0.724. The van der Waals surface area contributed by atoms with E-state index < -0.39 is 0 Å². The topological polar surface area (TPSA) is 23.8 Å². The van der Waals surface area contributed by atoms with E-state index in [1.54, 1.807) is 12.1 Å². The van der Waals surface area contributed by atoms with Gasteiger partial charge in [0.05, 0.1) is 17.0 Å². The summed E-state index contributed by atoms with van der Waals surface area (Å²) in [6.45, 7) is 1.81. The molecular formula is C9H7BrFN. The summed E-state index contributed by atoms with van der Waals surface area (Å²) in [7, 11) is 0. The first-order chi connectivity index (χ1) is 5.66. The van der Waals surface area contributed by atoms with Crippen molar-refractivity contribution in [3.8, 4) is 6.07 Å². The molecule has 0 saturated heterocycles. The van der Waals surface area contributed by atoms with Crippen LogP contribution in [0.2, 0.25) is 0 Å². The minimum atomic E-state index is -0.323. The van der Waals surface area contributed by atoms with Crippen molar-refractivity contribution < 1.29 is 4.39 Å². The van der Waals surface area contributed by atoms with Crippen molar-refractivity contribution in [1.82, 2.24) is 0 Å². The molecule has 62 valence electrons. The van der Waals surface area contributed by atoms with Crippen molar-refractivity contribution in [2.75, 3.05) is 0 Å². The molecule has 0 aliphatic heterocycles. The normalized spacial score (nSPS) is 9.50. The van der Waals surface area contributed by atoms with Gasteiger partial charge in [0.2, 0.25) is 0 Å². The van der Waals surface area contributed by atoms with Crippen LogP contribution in [-0.4, -0.2) is 0 Å². The number of nitrogens with zero attached hydrogens (tertiary/aromatic N) is 1. The third kappa shape index (κ3) is 1.64. The van der Waals surface area contributed by atoms with E-state index in [-0.39, 0.29) is 12.2 Å². The number of hydrogen-bond acceptors (Lipinski definition) is 1. The van der Waals surface area contributed by atoms with Crippen LogP contribution in [0, 0.1) is 24.1 Å². The summed E-state index contributed by atoms with van der Waals surface area (Å²) < 4.78 is 13.7. The van der Waals surface area contributed by atoms with Crippen molar-refractivity contribution in [1.29, 1.82) is 5.26 Å². The molecule has 0 spiro atoms. The van der Waals surface area contributed by atoms with Gasteiger partial charge in [0.15, 0.2) is 0 Å². The Morgan fingerprint density at radius 2 is 2.25 bits per heavy atom. The molecule has 1 nitrogen and oxygen atoms in total. The molecule has 1 aromatic rings. The fourth-order valence-corrected chi connectivity index (χ4v) is 1.29. The molecule has 0 aliphatic rings. The molecule has 0 radical (unpaired) electrons. The van der Waals surface area contributed by atoms with Gasteiger partial charge in [-0.25, -0.2) is 4.39 Å². The van der Waals surface area contributed by atoms with E-state index >= 15 is 0 Å². The van der Waals surface area contributed by atoms with E-state index in [1.165, 1.54) is 0 Å². The highest BCUT2D eigenvalue weighted by Crippen LogP contribution is 2.23. The second-order valence-electron chi connectivity index (χ2n) is 2.50. The molecule has 0 aliphatic carbocycles. The van der Waals surface area contributed by atoms with Gasteiger partial charge in [-0.2, -0.15) is 5.26 Å². The third-order valence-corrected chi connectivity index (χ3v) is 2.60. The van der Waals surface area contributed by atoms with Crippen LogP contribution in [0.1, 0.15) is 11.1 Å². The maximum Gasteiger partial charge on any atom is 0.141 e. The Kier molecular flexibility index (Phi) is 2.83. The van der Waals surface area contributed by atoms with Crippen LogP contribution >= 0.6 is 15.9 Å². The highest BCUT2D eigenvalue weighted by atomic mass is 79.9. The van der Waals surface area contributed by atoms with Crippen LogP contribution in [0.15, 0.2) is 16.6 Å². The highest BCUT2D eigenvalue weighted by molar-refractivity contribution is 9.10. The van der Waals surface area contributed by atoms with Gasteiger partial charge in [-0.3, -0.25) is 0 Å². The van der Waals surface area contributed by atoms with Crippen molar-refractivity contribution in [2.45, 2.75) is 13.3 Å². The van der Waals surface area contributed by atoms with Crippen LogP contribution in [0.5, 0.6) is 0 Å². The molecule has 0 fully saturated rings. The molecule has 0 bridgehead atoms. The average Bonchev–Trinajstić information content (AvgIpc) is 2.07. The smallest absolute Gasteiger partial charge is 0.141 e. The zero-order chi connectivity index (χ0) is 9.14. The van der Waals surface area contributed by atoms with Gasteiger partial charge in [0, 0.05) is 5.56 Å². The molecular weight excluding hydrogens is 221 g/mol. The second-order valence-corrected chi connectivity index (χ2v) is 3.30. The Balaban J connectivity index is 3.19. The first kappa shape index (κ1) is 9.21. The second kappa shape index (κ2) is 3.68. The van der Waals surface area contributed by atoms with Crippen LogP contribution in [-0.2, 0) is 6.42 Å². The largest absolute Gasteiger partial charge is 0.205 e. The van der Waals surface area contributed by atoms with Crippen molar-refractivity contribution in [2.24, 2.45) is 0 Å². The molecule has 0 saturated carbocycles. The summed E-state index contributed by atoms with van der Waals surface area (Å²) in [6.07, 6.45) is 0.116. The van der Waals surface area contributed by atoms with Gasteiger partial charge in [-0.1, -0.05) is 12.1 Å². The highest BCUT2D eigenvalue weighted by Gasteiger charge is 2.07. The van der Waals surface area contributed by atoms with Crippen LogP contribution in [0.3, 0.4) is 0 Å². The zero-order valence-electron chi connectivity index (χ0n) is 6.56. The minimum Gasteiger partial charge on any atom is -0.205 e. The first-order valence-corrected chi connectivity index (χ1v) is 4.26. The van der Waals surface area contributed by atoms with Crippen molar-refractivity contribution in [3.63, 3.8) is 0 Å². The average molecular weight is 228 g/mol. The lowest BCUT2D eigenvalue weighted by Gasteiger charge is -2.02. The lowest BCUT2D eigenvalue weighted by atomic mass is 10.1. The van der Waals surface area contributed by atoms with Crippen LogP contribution < -0.4 is 0 Å². The molecule has 0 atom stereocenters. The van der Waals surface area contributed by atoms with Gasteiger partial charge in [-0.05, 0) is 28.4 Å². The molecule has 0 heterocycles. The molecule has 3 heteroatoms. The predicted molar refractivity (Wildman–Crippen MR) is 48.2 cm³/mol. The van der Waals surface area contributed by atoms with Gasteiger partial charge < -0.3 is 0 Å². The fourth-order valence-electron chi connectivity index (χ4n) is 0.908. The molecule has 0 amide bonds. The number of halogens is 2. The number of nitriles is 1. The Bertz CT molecular complexity index is 341. The Labute approximate surface area is 79.0 Å². The molecule has 1 aromatic carbocycles. The van der Waals surface area contributed by atoms with E-state index in [9.17, 15) is 4.39 Å². The maximum atomic E-state index is 13.3. The van der Waals surface area contributed by atoms with E-state index in [0.717, 1.165) is 5.56 Å². The molecule has 0 aromatic heterocycles. The number of benzene rings is 1. The van der Waals surface area contributed by atoms with Gasteiger partial charge >= 0.3 is 0 Å². The molecule has 0 N–H and O–H groups in total. The van der Waals surface area contributed by atoms with E-state index in [2.05, 4.69) is 15.9 Å². The SMILES string of the molecule is Cc1ccc(CC#N)c(F)c1Br. The first-order valence-electron chi connectivity index (χ1n) is 3.47. The van der Waals surface area contributed by atoms with Crippen molar-refractivity contribution >= 4 is 15.9 Å². The fraction of sp³-hybridized carbons (Fsp3) is 0.222. The summed E-state index contributed by atoms with van der Waals surface area (Å²) in [5.41, 5.74) is 1.28. The molecule has 0 unspecified atom stereocenters. The van der Waals surface area contributed by atoms with Gasteiger partial charge in [0.1, 0.15) is 5.82 Å². The van der Waals surface area contributed by atoms with Gasteiger partial charge in [-0.15, -0.1) is 0 Å².